The summed E-state index contributed by atoms with van der Waals surface area (Å²) < 4.78 is 41.1. The summed E-state index contributed by atoms with van der Waals surface area (Å²) in [6.07, 6.45) is 17.6. The molecule has 8 aromatic carbocycles. The fourth-order valence-corrected chi connectivity index (χ4v) is 11.4. The van der Waals surface area contributed by atoms with Crippen molar-refractivity contribution in [2.24, 2.45) is 0 Å². The molecule has 8 bridgehead atoms. The van der Waals surface area contributed by atoms with Crippen molar-refractivity contribution in [3.05, 3.63) is 200 Å². The largest absolute Gasteiger partial charge is 0.493 e. The molecule has 0 atom stereocenters. The van der Waals surface area contributed by atoms with Crippen molar-refractivity contribution in [3.63, 3.8) is 0 Å². The van der Waals surface area contributed by atoms with E-state index < -0.39 is 0 Å². The van der Waals surface area contributed by atoms with Crippen LogP contribution in [0.15, 0.2) is 133 Å². The maximum atomic E-state index is 7.25. The summed E-state index contributed by atoms with van der Waals surface area (Å²) in [6, 6.07) is 48.1. The molecule has 0 unspecified atom stereocenters. The molecule has 0 fully saturated rings. The van der Waals surface area contributed by atoms with E-state index in [1.54, 1.807) is 0 Å². The van der Waals surface area contributed by atoms with Crippen molar-refractivity contribution in [2.75, 3.05) is 39.6 Å². The first kappa shape index (κ1) is 60.8. The molecule has 0 saturated heterocycles. The number of benzene rings is 8. The van der Waals surface area contributed by atoms with E-state index >= 15 is 0 Å². The van der Waals surface area contributed by atoms with Crippen LogP contribution in [0.5, 0.6) is 34.5 Å². The van der Waals surface area contributed by atoms with Gasteiger partial charge >= 0.3 is 0 Å². The van der Waals surface area contributed by atoms with Gasteiger partial charge in [0.2, 0.25) is 0 Å². The fraction of sp³-hybridized carbons (Fsp3) is 0.385. The Balaban J connectivity index is 1.19. The second kappa shape index (κ2) is 26.0. The van der Waals surface area contributed by atoms with Gasteiger partial charge < -0.3 is 28.4 Å². The smallest absolute Gasteiger partial charge is 0.148 e. The molecule has 6 heteroatoms. The second-order valence-electron chi connectivity index (χ2n) is 26.9. The Labute approximate surface area is 502 Å². The second-order valence-corrected chi connectivity index (χ2v) is 26.9. The molecule has 0 radical (unpaired) electrons. The molecule has 9 rings (SSSR count). The highest BCUT2D eigenvalue weighted by Gasteiger charge is 2.30. The Morgan fingerprint density at radius 1 is 0.321 bits per heavy atom. The van der Waals surface area contributed by atoms with Gasteiger partial charge in [-0.25, -0.2) is 0 Å². The van der Waals surface area contributed by atoms with Gasteiger partial charge in [-0.1, -0.05) is 216 Å². The number of hydrogen-bond acceptors (Lipinski definition) is 6. The maximum absolute atomic E-state index is 7.25. The van der Waals surface area contributed by atoms with Crippen molar-refractivity contribution in [2.45, 2.75) is 156 Å². The molecule has 6 nitrogen and oxygen atoms in total. The minimum atomic E-state index is -0.199. The molecule has 0 heterocycles. The van der Waals surface area contributed by atoms with Gasteiger partial charge in [-0.05, 0) is 137 Å². The average molecular weight is 1120 g/mol. The van der Waals surface area contributed by atoms with Crippen molar-refractivity contribution in [3.8, 4) is 59.2 Å². The molecule has 0 aliphatic heterocycles. The molecule has 8 aromatic rings. The molecule has 436 valence electrons. The van der Waals surface area contributed by atoms with Gasteiger partial charge in [-0.3, -0.25) is 0 Å². The number of hydrogen-bond donors (Lipinski definition) is 0. The lowest BCUT2D eigenvalue weighted by molar-refractivity contribution is 0.265. The maximum Gasteiger partial charge on any atom is 0.148 e. The Morgan fingerprint density at radius 3 is 0.845 bits per heavy atom. The van der Waals surface area contributed by atoms with Crippen LogP contribution in [-0.4, -0.2) is 39.6 Å². The van der Waals surface area contributed by atoms with Gasteiger partial charge in [0.15, 0.2) is 0 Å². The Morgan fingerprint density at radius 2 is 0.571 bits per heavy atom. The summed E-state index contributed by atoms with van der Waals surface area (Å²) in [7, 11) is 0. The lowest BCUT2D eigenvalue weighted by Gasteiger charge is -2.29. The van der Waals surface area contributed by atoms with Gasteiger partial charge in [0, 0.05) is 36.5 Å². The van der Waals surface area contributed by atoms with Crippen LogP contribution in [0.3, 0.4) is 0 Å². The van der Waals surface area contributed by atoms with E-state index in [0.717, 1.165) is 115 Å². The molecular weight excluding hydrogens is 1030 g/mol. The molecule has 0 aromatic heterocycles. The summed E-state index contributed by atoms with van der Waals surface area (Å²) in [4.78, 5) is 0. The molecule has 0 saturated carbocycles. The van der Waals surface area contributed by atoms with Gasteiger partial charge in [0.05, 0.1) is 26.4 Å². The zero-order valence-corrected chi connectivity index (χ0v) is 52.2. The van der Waals surface area contributed by atoms with Crippen LogP contribution in [0.25, 0.3) is 21.5 Å². The zero-order valence-electron chi connectivity index (χ0n) is 52.2. The van der Waals surface area contributed by atoms with Crippen LogP contribution in [0.4, 0.5) is 0 Å². The molecule has 1 aliphatic carbocycles. The van der Waals surface area contributed by atoms with Gasteiger partial charge in [-0.15, -0.1) is 12.8 Å². The summed E-state index contributed by atoms with van der Waals surface area (Å²) >= 11 is 0. The van der Waals surface area contributed by atoms with E-state index in [0.29, 0.717) is 52.1 Å². The average Bonchev–Trinajstić information content (AvgIpc) is 1.56. The van der Waals surface area contributed by atoms with Gasteiger partial charge in [-0.2, -0.15) is 0 Å². The fourth-order valence-electron chi connectivity index (χ4n) is 11.4. The number of rotatable bonds is 18. The lowest BCUT2D eigenvalue weighted by atomic mass is 9.79. The highest BCUT2D eigenvalue weighted by Crippen LogP contribution is 2.45. The van der Waals surface area contributed by atoms with Crippen LogP contribution < -0.4 is 28.4 Å². The third-order valence-electron chi connectivity index (χ3n) is 16.1. The van der Waals surface area contributed by atoms with Crippen LogP contribution in [0, 0.1) is 24.7 Å². The SMILES string of the molecule is C#CCOc1c2cc(C(C)(C)C)cc1Cc1cc(C(C)(C)C)cc(c1OCCCCOc1cccc3ccccc13)Cc1cc(C(C)(C)C)cc(c1OCC#C)Cc1cc(C(C)(C)C)cc(c1OCCCCOc1cccc3ccccc13)C2. The molecule has 0 amide bonds. The van der Waals surface area contributed by atoms with Crippen LogP contribution in [0.1, 0.15) is 176 Å². The van der Waals surface area contributed by atoms with Crippen molar-refractivity contribution in [1.82, 2.24) is 0 Å². The van der Waals surface area contributed by atoms with Crippen LogP contribution in [0.2, 0.25) is 0 Å². The number of unbranched alkanes of at least 4 members (excludes halogenated alkanes) is 2. The summed E-state index contributed by atoms with van der Waals surface area (Å²) in [6.45, 7) is 29.9. The highest BCUT2D eigenvalue weighted by molar-refractivity contribution is 5.89. The molecule has 0 N–H and O–H groups in total. The third-order valence-corrected chi connectivity index (χ3v) is 16.1. The van der Waals surface area contributed by atoms with Crippen molar-refractivity contribution >= 4 is 21.5 Å². The molecule has 84 heavy (non-hydrogen) atoms. The van der Waals surface area contributed by atoms with Crippen molar-refractivity contribution < 1.29 is 28.4 Å². The number of ether oxygens (including phenoxy) is 6. The normalized spacial score (nSPS) is 12.8. The Kier molecular flexibility index (Phi) is 18.8. The number of fused-ring (bicyclic) bond motifs is 10. The predicted octanol–water partition coefficient (Wildman–Crippen LogP) is 18.4. The zero-order chi connectivity index (χ0) is 59.8. The minimum absolute atomic E-state index is 0.120. The van der Waals surface area contributed by atoms with Gasteiger partial charge in [0.25, 0.3) is 0 Å². The standard InChI is InChI=1S/C78H88O6/c1-15-35-81-71-55-41-59-49-65(77(9,10)11)51-61(73(59)83-39-23-21-37-79-69-33-25-29-53-27-17-19-31-67(53)69)43-57-47-64(76(6,7)8)48-58(72(57)82-36-16-2)44-62-52-66(78(12,13)14)50-60(42-56(71)46-63(45-55)75(3,4)5)74(62)84-40-24-22-38-80-70-34-26-30-54-28-18-20-32-68(54)70/h1-2,17-20,25-34,45-52H,21-24,35-44H2,3-14H3. The lowest BCUT2D eigenvalue weighted by Crippen LogP contribution is -2.18. The molecule has 1 aliphatic rings. The van der Waals surface area contributed by atoms with Gasteiger partial charge in [0.1, 0.15) is 47.7 Å². The molecular formula is C78H88O6. The topological polar surface area (TPSA) is 55.4 Å². The minimum Gasteiger partial charge on any atom is -0.493 e. The summed E-state index contributed by atoms with van der Waals surface area (Å²) in [5.74, 6) is 10.8. The summed E-state index contributed by atoms with van der Waals surface area (Å²) in [5, 5.41) is 4.57. The quantitative estimate of drug-likeness (QED) is 0.0630. The van der Waals surface area contributed by atoms with E-state index in [1.807, 2.05) is 0 Å². The van der Waals surface area contributed by atoms with Crippen molar-refractivity contribution in [1.29, 1.82) is 0 Å². The predicted molar refractivity (Wildman–Crippen MR) is 349 cm³/mol. The van der Waals surface area contributed by atoms with E-state index in [9.17, 15) is 0 Å². The van der Waals surface area contributed by atoms with E-state index in [4.69, 9.17) is 41.3 Å². The van der Waals surface area contributed by atoms with E-state index in [2.05, 4.69) is 228 Å². The summed E-state index contributed by atoms with van der Waals surface area (Å²) in [5.41, 5.74) is 12.6. The molecule has 0 spiro atoms. The first-order valence-corrected chi connectivity index (χ1v) is 30.3. The van der Waals surface area contributed by atoms with Crippen LogP contribution >= 0.6 is 0 Å². The van der Waals surface area contributed by atoms with E-state index in [1.165, 1.54) is 33.0 Å². The number of terminal acetylenes is 2. The highest BCUT2D eigenvalue weighted by atomic mass is 16.5. The first-order valence-electron chi connectivity index (χ1n) is 30.3. The third kappa shape index (κ3) is 14.7. The van der Waals surface area contributed by atoms with Crippen LogP contribution in [-0.2, 0) is 47.3 Å². The Bertz CT molecular complexity index is 3350. The Hall–Kier alpha value is -7.80. The van der Waals surface area contributed by atoms with E-state index in [-0.39, 0.29) is 34.9 Å². The first-order chi connectivity index (χ1) is 40.1. The monoisotopic (exact) mass is 1120 g/mol.